The molecule has 3 fully saturated rings. The summed E-state index contributed by atoms with van der Waals surface area (Å²) in [5, 5.41) is 3.43. The Labute approximate surface area is 151 Å². The highest BCUT2D eigenvalue weighted by atomic mass is 127. The van der Waals surface area contributed by atoms with Crippen molar-refractivity contribution in [3.05, 3.63) is 0 Å². The van der Waals surface area contributed by atoms with Gasteiger partial charge in [-0.25, -0.2) is 0 Å². The Morgan fingerprint density at radius 1 is 1.36 bits per heavy atom. The third kappa shape index (κ3) is 4.47. The Kier molecular flexibility index (Phi) is 7.21. The summed E-state index contributed by atoms with van der Waals surface area (Å²) in [6, 6.07) is 0. The van der Waals surface area contributed by atoms with Gasteiger partial charge in [-0.3, -0.25) is 4.99 Å². The van der Waals surface area contributed by atoms with Gasteiger partial charge in [-0.2, -0.15) is 0 Å². The maximum Gasteiger partial charge on any atom is 0.193 e. The van der Waals surface area contributed by atoms with Crippen LogP contribution >= 0.6 is 24.0 Å². The molecular formula is C16H30IN3O2. The second-order valence-electron chi connectivity index (χ2n) is 6.71. The molecular weight excluding hydrogens is 393 g/mol. The summed E-state index contributed by atoms with van der Waals surface area (Å²) in [6.07, 6.45) is 8.21. The van der Waals surface area contributed by atoms with E-state index >= 15 is 0 Å². The van der Waals surface area contributed by atoms with Crippen LogP contribution in [0.3, 0.4) is 0 Å². The van der Waals surface area contributed by atoms with Crippen LogP contribution < -0.4 is 5.32 Å². The van der Waals surface area contributed by atoms with Gasteiger partial charge in [-0.1, -0.05) is 6.42 Å². The van der Waals surface area contributed by atoms with E-state index in [1.807, 2.05) is 7.05 Å². The van der Waals surface area contributed by atoms with Crippen molar-refractivity contribution in [2.24, 2.45) is 10.4 Å². The summed E-state index contributed by atoms with van der Waals surface area (Å²) in [7, 11) is 1.88. The van der Waals surface area contributed by atoms with Crippen LogP contribution in [0, 0.1) is 5.41 Å². The van der Waals surface area contributed by atoms with Crippen LogP contribution in [-0.4, -0.2) is 63.5 Å². The first-order valence-corrected chi connectivity index (χ1v) is 8.46. The van der Waals surface area contributed by atoms with E-state index < -0.39 is 0 Å². The van der Waals surface area contributed by atoms with E-state index in [2.05, 4.69) is 15.2 Å². The largest absolute Gasteiger partial charge is 0.377 e. The first-order valence-electron chi connectivity index (χ1n) is 8.46. The first kappa shape index (κ1) is 18.3. The highest BCUT2D eigenvalue weighted by molar-refractivity contribution is 14.0. The zero-order valence-electron chi connectivity index (χ0n) is 13.7. The van der Waals surface area contributed by atoms with Gasteiger partial charge in [0.05, 0.1) is 19.3 Å². The molecule has 2 heterocycles. The zero-order chi connectivity index (χ0) is 14.5. The van der Waals surface area contributed by atoms with Crippen LogP contribution in [0.15, 0.2) is 4.99 Å². The molecule has 2 saturated heterocycles. The number of guanidine groups is 1. The van der Waals surface area contributed by atoms with Crippen molar-refractivity contribution in [2.75, 3.05) is 46.5 Å². The fourth-order valence-electron chi connectivity index (χ4n) is 3.76. The normalized spacial score (nSPS) is 26.9. The summed E-state index contributed by atoms with van der Waals surface area (Å²) in [5.74, 6) is 1.04. The van der Waals surface area contributed by atoms with Gasteiger partial charge in [0.15, 0.2) is 5.96 Å². The molecule has 2 aliphatic heterocycles. The van der Waals surface area contributed by atoms with E-state index in [-0.39, 0.29) is 24.0 Å². The van der Waals surface area contributed by atoms with E-state index in [9.17, 15) is 0 Å². The number of aliphatic imine (C=N–C) groups is 1. The molecule has 3 rings (SSSR count). The highest BCUT2D eigenvalue weighted by Crippen LogP contribution is 2.47. The van der Waals surface area contributed by atoms with Crippen molar-refractivity contribution in [1.29, 1.82) is 0 Å². The maximum atomic E-state index is 5.69. The first-order chi connectivity index (χ1) is 10.3. The minimum absolute atomic E-state index is 0. The molecule has 0 amide bonds. The number of hydrogen-bond donors (Lipinski definition) is 1. The molecule has 1 unspecified atom stereocenters. The number of nitrogens with zero attached hydrogens (tertiary/aromatic N) is 2. The molecule has 1 atom stereocenters. The minimum Gasteiger partial charge on any atom is -0.377 e. The van der Waals surface area contributed by atoms with Gasteiger partial charge in [-0.15, -0.1) is 24.0 Å². The maximum absolute atomic E-state index is 5.69. The molecule has 6 heteroatoms. The summed E-state index contributed by atoms with van der Waals surface area (Å²) >= 11 is 0. The molecule has 1 spiro atoms. The fraction of sp³-hybridized carbons (Fsp3) is 0.938. The van der Waals surface area contributed by atoms with Crippen LogP contribution in [0.2, 0.25) is 0 Å². The van der Waals surface area contributed by atoms with Gasteiger partial charge >= 0.3 is 0 Å². The van der Waals surface area contributed by atoms with Crippen LogP contribution in [-0.2, 0) is 9.47 Å². The van der Waals surface area contributed by atoms with Crippen molar-refractivity contribution >= 4 is 29.9 Å². The number of hydrogen-bond acceptors (Lipinski definition) is 3. The van der Waals surface area contributed by atoms with Crippen molar-refractivity contribution in [3.63, 3.8) is 0 Å². The van der Waals surface area contributed by atoms with Gasteiger partial charge < -0.3 is 19.7 Å². The molecule has 0 aromatic heterocycles. The van der Waals surface area contributed by atoms with E-state index in [0.29, 0.717) is 11.5 Å². The van der Waals surface area contributed by atoms with Crippen molar-refractivity contribution in [1.82, 2.24) is 10.2 Å². The van der Waals surface area contributed by atoms with Crippen LogP contribution in [0.5, 0.6) is 0 Å². The lowest BCUT2D eigenvalue weighted by molar-refractivity contribution is 0.0190. The third-order valence-corrected chi connectivity index (χ3v) is 5.22. The van der Waals surface area contributed by atoms with Gasteiger partial charge in [0, 0.05) is 33.3 Å². The molecule has 128 valence electrons. The number of rotatable bonds is 5. The predicted molar refractivity (Wildman–Crippen MR) is 99.0 cm³/mol. The summed E-state index contributed by atoms with van der Waals surface area (Å²) in [5.41, 5.74) is 0.619. The lowest BCUT2D eigenvalue weighted by Crippen LogP contribution is -2.43. The van der Waals surface area contributed by atoms with Crippen LogP contribution in [0.1, 0.15) is 38.5 Å². The van der Waals surface area contributed by atoms with E-state index in [0.717, 1.165) is 45.3 Å². The molecule has 1 N–H and O–H groups in total. The Bertz CT molecular complexity index is 368. The molecule has 0 bridgehead atoms. The molecule has 0 radical (unpaired) electrons. The Morgan fingerprint density at radius 2 is 2.23 bits per heavy atom. The minimum atomic E-state index is 0. The third-order valence-electron chi connectivity index (χ3n) is 5.22. The second kappa shape index (κ2) is 8.68. The Balaban J connectivity index is 0.00000176. The van der Waals surface area contributed by atoms with Crippen molar-refractivity contribution in [3.8, 4) is 0 Å². The summed E-state index contributed by atoms with van der Waals surface area (Å²) < 4.78 is 11.2. The van der Waals surface area contributed by atoms with Crippen molar-refractivity contribution in [2.45, 2.75) is 44.6 Å². The number of ether oxygens (including phenoxy) is 2. The van der Waals surface area contributed by atoms with Crippen LogP contribution in [0.25, 0.3) is 0 Å². The molecule has 3 aliphatic rings. The quantitative estimate of drug-likeness (QED) is 0.319. The molecule has 0 aromatic rings. The van der Waals surface area contributed by atoms with Crippen molar-refractivity contribution < 1.29 is 9.47 Å². The number of nitrogens with one attached hydrogen (secondary N) is 1. The monoisotopic (exact) mass is 423 g/mol. The van der Waals surface area contributed by atoms with Gasteiger partial charge in [-0.05, 0) is 37.5 Å². The molecule has 1 aliphatic carbocycles. The number of halogens is 1. The lowest BCUT2D eigenvalue weighted by Gasteiger charge is -2.38. The number of likely N-dealkylation sites (tertiary alicyclic amines) is 1. The molecule has 1 saturated carbocycles. The van der Waals surface area contributed by atoms with E-state index in [1.54, 1.807) is 0 Å². The Morgan fingerprint density at radius 3 is 2.82 bits per heavy atom. The smallest absolute Gasteiger partial charge is 0.193 e. The lowest BCUT2D eigenvalue weighted by atomic mass is 9.68. The van der Waals surface area contributed by atoms with Gasteiger partial charge in [0.25, 0.3) is 0 Å². The van der Waals surface area contributed by atoms with Gasteiger partial charge in [0.1, 0.15) is 0 Å². The summed E-state index contributed by atoms with van der Waals surface area (Å²) in [4.78, 5) is 6.84. The highest BCUT2D eigenvalue weighted by Gasteiger charge is 2.43. The fourth-order valence-corrected chi connectivity index (χ4v) is 3.76. The predicted octanol–water partition coefficient (Wildman–Crippen LogP) is 2.25. The standard InChI is InChI=1S/C16H29N3O2.HI/c1-17-15(19-9-7-16(13-19)5-3-6-16)18-8-11-20-12-14-4-2-10-21-14;/h14H,2-13H2,1H3,(H,17,18);1H. The van der Waals surface area contributed by atoms with Gasteiger partial charge in [0.2, 0.25) is 0 Å². The average molecular weight is 423 g/mol. The van der Waals surface area contributed by atoms with E-state index in [4.69, 9.17) is 9.47 Å². The average Bonchev–Trinajstić information content (AvgIpc) is 3.11. The zero-order valence-corrected chi connectivity index (χ0v) is 16.0. The molecule has 22 heavy (non-hydrogen) atoms. The Hall–Kier alpha value is -0.0800. The summed E-state index contributed by atoms with van der Waals surface area (Å²) in [6.45, 7) is 5.50. The molecule has 5 nitrogen and oxygen atoms in total. The second-order valence-corrected chi connectivity index (χ2v) is 6.71. The molecule has 0 aromatic carbocycles. The van der Waals surface area contributed by atoms with E-state index in [1.165, 1.54) is 38.6 Å². The SMILES string of the molecule is CN=C(NCCOCC1CCCO1)N1CCC2(CCC2)C1.I. The topological polar surface area (TPSA) is 46.1 Å². The van der Waals surface area contributed by atoms with Crippen LogP contribution in [0.4, 0.5) is 0 Å².